The van der Waals surface area contributed by atoms with Crippen LogP contribution in [0.15, 0.2) is 53.5 Å². The Hall–Kier alpha value is -2.61. The second-order valence-corrected chi connectivity index (χ2v) is 9.06. The molecule has 0 amide bonds. The minimum absolute atomic E-state index is 0.0626. The predicted octanol–water partition coefficient (Wildman–Crippen LogP) is 3.50. The second-order valence-electron chi connectivity index (χ2n) is 6.80. The number of aliphatic imine (C=N–C) groups is 1. The maximum absolute atomic E-state index is 13.9. The van der Waals surface area contributed by atoms with Crippen LogP contribution in [0.5, 0.6) is 11.5 Å². The van der Waals surface area contributed by atoms with Crippen LogP contribution in [0.1, 0.15) is 25.8 Å². The van der Waals surface area contributed by atoms with Gasteiger partial charge >= 0.3 is 0 Å². The molecule has 0 aliphatic carbocycles. The van der Waals surface area contributed by atoms with Gasteiger partial charge in [0.15, 0.2) is 17.5 Å². The maximum atomic E-state index is 13.9. The summed E-state index contributed by atoms with van der Waals surface area (Å²) in [4.78, 5) is 4.56. The van der Waals surface area contributed by atoms with Gasteiger partial charge in [0.1, 0.15) is 15.6 Å². The maximum Gasteiger partial charge on any atom is 0.191 e. The van der Waals surface area contributed by atoms with Gasteiger partial charge in [0, 0.05) is 24.4 Å². The lowest BCUT2D eigenvalue weighted by molar-refractivity contribution is 0.438. The van der Waals surface area contributed by atoms with E-state index in [1.807, 2.05) is 32.0 Å². The molecule has 2 rings (SSSR count). The molecule has 0 bridgehead atoms. The first-order valence-electron chi connectivity index (χ1n) is 9.51. The Balaban J connectivity index is 2.10. The average molecular weight is 422 g/mol. The van der Waals surface area contributed by atoms with Crippen molar-refractivity contribution in [2.24, 2.45) is 4.99 Å². The molecule has 1 unspecified atom stereocenters. The van der Waals surface area contributed by atoms with Crippen molar-refractivity contribution in [2.75, 3.05) is 18.6 Å². The van der Waals surface area contributed by atoms with E-state index in [0.29, 0.717) is 31.2 Å². The van der Waals surface area contributed by atoms with E-state index in [0.717, 1.165) is 5.56 Å². The van der Waals surface area contributed by atoms with Crippen LogP contribution in [0.25, 0.3) is 0 Å². The summed E-state index contributed by atoms with van der Waals surface area (Å²) < 4.78 is 42.4. The highest BCUT2D eigenvalue weighted by Crippen LogP contribution is 2.27. The van der Waals surface area contributed by atoms with Gasteiger partial charge in [-0.25, -0.2) is 17.8 Å². The molecule has 0 aliphatic rings. The Morgan fingerprint density at radius 2 is 1.79 bits per heavy atom. The molecule has 0 spiro atoms. The molecule has 2 aromatic rings. The largest absolute Gasteiger partial charge is 0.454 e. The highest BCUT2D eigenvalue weighted by atomic mass is 32.2. The van der Waals surface area contributed by atoms with E-state index in [-0.39, 0.29) is 17.5 Å². The highest BCUT2D eigenvalue weighted by molar-refractivity contribution is 7.90. The van der Waals surface area contributed by atoms with Crippen molar-refractivity contribution in [3.8, 4) is 11.5 Å². The second kappa shape index (κ2) is 10.8. The molecule has 0 fully saturated rings. The van der Waals surface area contributed by atoms with Crippen molar-refractivity contribution in [1.82, 2.24) is 10.6 Å². The number of rotatable bonds is 9. The Bertz CT molecular complexity index is 932. The van der Waals surface area contributed by atoms with Gasteiger partial charge in [0.2, 0.25) is 0 Å². The molecule has 2 aromatic carbocycles. The molecule has 0 saturated carbocycles. The summed E-state index contributed by atoms with van der Waals surface area (Å²) in [6, 6.07) is 13.5. The lowest BCUT2D eigenvalue weighted by Crippen LogP contribution is -2.42. The molecule has 0 aromatic heterocycles. The summed E-state index contributed by atoms with van der Waals surface area (Å²) in [6.07, 6.45) is 1.71. The zero-order valence-electron chi connectivity index (χ0n) is 17.0. The van der Waals surface area contributed by atoms with Gasteiger partial charge in [0.25, 0.3) is 0 Å². The highest BCUT2D eigenvalue weighted by Gasteiger charge is 2.11. The smallest absolute Gasteiger partial charge is 0.191 e. The van der Waals surface area contributed by atoms with E-state index in [1.54, 1.807) is 24.3 Å². The monoisotopic (exact) mass is 421 g/mol. The number of sulfone groups is 1. The van der Waals surface area contributed by atoms with Gasteiger partial charge < -0.3 is 15.4 Å². The minimum Gasteiger partial charge on any atom is -0.454 e. The quantitative estimate of drug-likeness (QED) is 0.479. The molecular weight excluding hydrogens is 393 g/mol. The fraction of sp³-hybridized carbons (Fsp3) is 0.381. The van der Waals surface area contributed by atoms with E-state index < -0.39 is 15.7 Å². The summed E-state index contributed by atoms with van der Waals surface area (Å²) in [6.45, 7) is 4.84. The van der Waals surface area contributed by atoms with Crippen molar-refractivity contribution in [2.45, 2.75) is 32.9 Å². The number of halogens is 1. The number of hydrogen-bond donors (Lipinski definition) is 2. The molecule has 2 N–H and O–H groups in total. The number of ether oxygens (including phenoxy) is 1. The van der Waals surface area contributed by atoms with Crippen molar-refractivity contribution in [3.05, 3.63) is 59.9 Å². The van der Waals surface area contributed by atoms with Crippen LogP contribution in [-0.4, -0.2) is 39.0 Å². The molecule has 0 heterocycles. The molecule has 8 heteroatoms. The third-order valence-corrected chi connectivity index (χ3v) is 5.06. The first-order valence-corrected chi connectivity index (χ1v) is 11.6. The molecule has 6 nitrogen and oxygen atoms in total. The van der Waals surface area contributed by atoms with Crippen LogP contribution in [0.3, 0.4) is 0 Å². The third kappa shape index (κ3) is 8.11. The fourth-order valence-corrected chi connectivity index (χ4v) is 3.34. The zero-order chi connectivity index (χ0) is 21.3. The van der Waals surface area contributed by atoms with Gasteiger partial charge in [-0.2, -0.15) is 0 Å². The average Bonchev–Trinajstić information content (AvgIpc) is 2.67. The van der Waals surface area contributed by atoms with Crippen LogP contribution in [0, 0.1) is 5.82 Å². The van der Waals surface area contributed by atoms with Gasteiger partial charge in [-0.1, -0.05) is 30.3 Å². The molecule has 158 valence electrons. The van der Waals surface area contributed by atoms with Gasteiger partial charge in [-0.15, -0.1) is 0 Å². The Morgan fingerprint density at radius 3 is 2.45 bits per heavy atom. The van der Waals surface area contributed by atoms with E-state index in [2.05, 4.69) is 15.6 Å². The first kappa shape index (κ1) is 22.7. The zero-order valence-corrected chi connectivity index (χ0v) is 17.8. The summed E-state index contributed by atoms with van der Waals surface area (Å²) in [5, 5.41) is 6.36. The number of hydrogen-bond acceptors (Lipinski definition) is 4. The Kier molecular flexibility index (Phi) is 8.45. The van der Waals surface area contributed by atoms with Crippen molar-refractivity contribution < 1.29 is 17.5 Å². The molecule has 0 aliphatic heterocycles. The summed E-state index contributed by atoms with van der Waals surface area (Å²) in [5.41, 5.74) is 0.803. The van der Waals surface area contributed by atoms with Crippen LogP contribution in [0.4, 0.5) is 4.39 Å². The number of nitrogens with zero attached hydrogens (tertiary/aromatic N) is 1. The topological polar surface area (TPSA) is 79.8 Å². The number of benzene rings is 2. The lowest BCUT2D eigenvalue weighted by Gasteiger charge is -2.18. The van der Waals surface area contributed by atoms with Crippen LogP contribution in [-0.2, 0) is 16.4 Å². The summed E-state index contributed by atoms with van der Waals surface area (Å²) >= 11 is 0. The van der Waals surface area contributed by atoms with Crippen LogP contribution in [0.2, 0.25) is 0 Å². The molecule has 1 atom stereocenters. The van der Waals surface area contributed by atoms with Crippen molar-refractivity contribution in [3.63, 3.8) is 0 Å². The number of para-hydroxylation sites is 2. The first-order chi connectivity index (χ1) is 13.8. The van der Waals surface area contributed by atoms with E-state index in [9.17, 15) is 12.8 Å². The third-order valence-electron chi connectivity index (χ3n) is 4.09. The van der Waals surface area contributed by atoms with E-state index in [4.69, 9.17) is 4.74 Å². The van der Waals surface area contributed by atoms with Gasteiger partial charge in [-0.05, 0) is 38.5 Å². The standard InChI is InChI=1S/C21H28FN3O3S/c1-4-23-21(25-16(2)13-14-29(3,26)27)24-15-17-9-5-7-11-19(17)28-20-12-8-6-10-18(20)22/h5-12,16H,4,13-15H2,1-3H3,(H2,23,24,25). The molecule has 29 heavy (non-hydrogen) atoms. The fourth-order valence-electron chi connectivity index (χ4n) is 2.56. The van der Waals surface area contributed by atoms with Gasteiger partial charge in [-0.3, -0.25) is 0 Å². The number of guanidine groups is 1. The Morgan fingerprint density at radius 1 is 1.14 bits per heavy atom. The van der Waals surface area contributed by atoms with E-state index in [1.165, 1.54) is 12.3 Å². The van der Waals surface area contributed by atoms with Gasteiger partial charge in [0.05, 0.1) is 12.3 Å². The summed E-state index contributed by atoms with van der Waals surface area (Å²) in [7, 11) is -3.01. The lowest BCUT2D eigenvalue weighted by atomic mass is 10.2. The summed E-state index contributed by atoms with van der Waals surface area (Å²) in [5.74, 6) is 0.945. The normalized spacial score (nSPS) is 13.0. The molecular formula is C21H28FN3O3S. The van der Waals surface area contributed by atoms with Crippen LogP contribution >= 0.6 is 0 Å². The Labute approximate surface area is 172 Å². The van der Waals surface area contributed by atoms with Crippen LogP contribution < -0.4 is 15.4 Å². The SMILES string of the molecule is CCNC(=NCc1ccccc1Oc1ccccc1F)NC(C)CCS(C)(=O)=O. The van der Waals surface area contributed by atoms with Crippen molar-refractivity contribution in [1.29, 1.82) is 0 Å². The van der Waals surface area contributed by atoms with E-state index >= 15 is 0 Å². The predicted molar refractivity (Wildman–Crippen MR) is 115 cm³/mol. The molecule has 0 radical (unpaired) electrons. The van der Waals surface area contributed by atoms with Crippen molar-refractivity contribution >= 4 is 15.8 Å². The molecule has 0 saturated heterocycles. The minimum atomic E-state index is -3.01. The number of nitrogens with one attached hydrogen (secondary N) is 2.